The number of hydrogen-bond acceptors (Lipinski definition) is 4. The number of piperidine rings is 1. The molecule has 1 heterocycles. The highest BCUT2D eigenvalue weighted by molar-refractivity contribution is 5.79. The molecule has 0 radical (unpaired) electrons. The van der Waals surface area contributed by atoms with Gasteiger partial charge in [-0.1, -0.05) is 19.9 Å². The number of methoxy groups -OCH3 is 2. The maximum Gasteiger partial charge on any atom is 0.224 e. The molecule has 1 aliphatic rings. The molecule has 0 saturated carbocycles. The van der Waals surface area contributed by atoms with Crippen LogP contribution in [0.25, 0.3) is 0 Å². The zero-order chi connectivity index (χ0) is 16.2. The zero-order valence-corrected chi connectivity index (χ0v) is 13.9. The summed E-state index contributed by atoms with van der Waals surface area (Å²) in [5, 5.41) is 6.55. The standard InChI is InChI=1S/C17H26N2O3/c1-17(2)11-18-8-7-15(17)19-16(20)10-12-5-6-13(21-3)14(9-12)22-4/h5-6,9,15,18H,7-8,10-11H2,1-4H3,(H,19,20). The molecule has 0 bridgehead atoms. The number of carbonyl (C=O) groups excluding carboxylic acids is 1. The van der Waals surface area contributed by atoms with Gasteiger partial charge >= 0.3 is 0 Å². The molecule has 0 aromatic heterocycles. The Bertz CT molecular complexity index is 529. The van der Waals surface area contributed by atoms with Crippen molar-refractivity contribution in [1.82, 2.24) is 10.6 Å². The fourth-order valence-corrected chi connectivity index (χ4v) is 2.86. The molecule has 2 rings (SSSR count). The molecule has 1 unspecified atom stereocenters. The smallest absolute Gasteiger partial charge is 0.224 e. The fraction of sp³-hybridized carbons (Fsp3) is 0.588. The maximum atomic E-state index is 12.3. The van der Waals surface area contributed by atoms with Crippen molar-refractivity contribution in [2.24, 2.45) is 5.41 Å². The Morgan fingerprint density at radius 1 is 1.32 bits per heavy atom. The van der Waals surface area contributed by atoms with Crippen molar-refractivity contribution in [3.05, 3.63) is 23.8 Å². The van der Waals surface area contributed by atoms with Gasteiger partial charge in [-0.25, -0.2) is 0 Å². The lowest BCUT2D eigenvalue weighted by molar-refractivity contribution is -0.122. The van der Waals surface area contributed by atoms with Crippen LogP contribution in [0.4, 0.5) is 0 Å². The highest BCUT2D eigenvalue weighted by Gasteiger charge is 2.33. The number of nitrogens with one attached hydrogen (secondary N) is 2. The molecule has 22 heavy (non-hydrogen) atoms. The molecule has 5 heteroatoms. The first kappa shape index (κ1) is 16.6. The fourth-order valence-electron chi connectivity index (χ4n) is 2.86. The number of rotatable bonds is 5. The normalized spacial score (nSPS) is 20.3. The van der Waals surface area contributed by atoms with Gasteiger partial charge in [0.2, 0.25) is 5.91 Å². The van der Waals surface area contributed by atoms with Crippen LogP contribution in [0.2, 0.25) is 0 Å². The topological polar surface area (TPSA) is 59.6 Å². The van der Waals surface area contributed by atoms with Crippen molar-refractivity contribution in [3.8, 4) is 11.5 Å². The molecule has 1 amide bonds. The second-order valence-corrected chi connectivity index (χ2v) is 6.44. The van der Waals surface area contributed by atoms with E-state index in [0.29, 0.717) is 17.9 Å². The first-order valence-corrected chi connectivity index (χ1v) is 7.67. The lowest BCUT2D eigenvalue weighted by Gasteiger charge is -2.39. The summed E-state index contributed by atoms with van der Waals surface area (Å²) < 4.78 is 10.5. The molecule has 5 nitrogen and oxygen atoms in total. The monoisotopic (exact) mass is 306 g/mol. The summed E-state index contributed by atoms with van der Waals surface area (Å²) in [4.78, 5) is 12.3. The van der Waals surface area contributed by atoms with E-state index in [0.717, 1.165) is 25.1 Å². The van der Waals surface area contributed by atoms with Crippen molar-refractivity contribution >= 4 is 5.91 Å². The molecule has 1 atom stereocenters. The Labute approximate surface area is 132 Å². The average Bonchev–Trinajstić information content (AvgIpc) is 2.49. The summed E-state index contributed by atoms with van der Waals surface area (Å²) in [7, 11) is 3.20. The van der Waals surface area contributed by atoms with Gasteiger partial charge < -0.3 is 20.1 Å². The van der Waals surface area contributed by atoms with Gasteiger partial charge in [0.15, 0.2) is 11.5 Å². The minimum Gasteiger partial charge on any atom is -0.493 e. The van der Waals surface area contributed by atoms with Crippen molar-refractivity contribution in [2.75, 3.05) is 27.3 Å². The largest absolute Gasteiger partial charge is 0.493 e. The average molecular weight is 306 g/mol. The molecule has 1 saturated heterocycles. The quantitative estimate of drug-likeness (QED) is 0.870. The summed E-state index contributed by atoms with van der Waals surface area (Å²) in [6, 6.07) is 5.79. The Balaban J connectivity index is 2.00. The van der Waals surface area contributed by atoms with E-state index < -0.39 is 0 Å². The van der Waals surface area contributed by atoms with Gasteiger partial charge in [0.1, 0.15) is 0 Å². The van der Waals surface area contributed by atoms with E-state index in [1.54, 1.807) is 14.2 Å². The number of carbonyl (C=O) groups is 1. The van der Waals surface area contributed by atoms with Crippen molar-refractivity contribution in [2.45, 2.75) is 32.7 Å². The summed E-state index contributed by atoms with van der Waals surface area (Å²) in [6.45, 7) is 6.24. The summed E-state index contributed by atoms with van der Waals surface area (Å²) in [6.07, 6.45) is 1.31. The van der Waals surface area contributed by atoms with E-state index in [1.807, 2.05) is 18.2 Å². The molecule has 0 aliphatic carbocycles. The SMILES string of the molecule is COc1ccc(CC(=O)NC2CCNCC2(C)C)cc1OC. The molecule has 1 aromatic rings. The molecule has 2 N–H and O–H groups in total. The lowest BCUT2D eigenvalue weighted by atomic mass is 9.80. The molecular formula is C17H26N2O3. The van der Waals surface area contributed by atoms with Crippen LogP contribution in [-0.4, -0.2) is 39.3 Å². The van der Waals surface area contributed by atoms with Gasteiger partial charge in [0.25, 0.3) is 0 Å². The highest BCUT2D eigenvalue weighted by atomic mass is 16.5. The summed E-state index contributed by atoms with van der Waals surface area (Å²) in [5.41, 5.74) is 0.993. The van der Waals surface area contributed by atoms with Gasteiger partial charge in [0, 0.05) is 12.6 Å². The van der Waals surface area contributed by atoms with Gasteiger partial charge in [-0.15, -0.1) is 0 Å². The maximum absolute atomic E-state index is 12.3. The van der Waals surface area contributed by atoms with E-state index in [4.69, 9.17) is 9.47 Å². The van der Waals surface area contributed by atoms with Crippen LogP contribution >= 0.6 is 0 Å². The first-order valence-electron chi connectivity index (χ1n) is 7.67. The molecule has 0 spiro atoms. The third-order valence-corrected chi connectivity index (χ3v) is 4.28. The molecular weight excluding hydrogens is 280 g/mol. The summed E-state index contributed by atoms with van der Waals surface area (Å²) >= 11 is 0. The molecule has 1 fully saturated rings. The van der Waals surface area contributed by atoms with E-state index in [-0.39, 0.29) is 17.4 Å². The van der Waals surface area contributed by atoms with Crippen LogP contribution in [0.5, 0.6) is 11.5 Å². The minimum atomic E-state index is 0.0483. The van der Waals surface area contributed by atoms with Gasteiger partial charge in [-0.2, -0.15) is 0 Å². The predicted molar refractivity (Wildman–Crippen MR) is 86.4 cm³/mol. The molecule has 122 valence electrons. The Morgan fingerprint density at radius 2 is 2.05 bits per heavy atom. The Kier molecular flexibility index (Phi) is 5.29. The van der Waals surface area contributed by atoms with Crippen LogP contribution in [0.1, 0.15) is 25.8 Å². The Hall–Kier alpha value is -1.75. The van der Waals surface area contributed by atoms with Crippen LogP contribution in [0.3, 0.4) is 0 Å². The second-order valence-electron chi connectivity index (χ2n) is 6.44. The van der Waals surface area contributed by atoms with Crippen molar-refractivity contribution in [3.63, 3.8) is 0 Å². The number of hydrogen-bond donors (Lipinski definition) is 2. The van der Waals surface area contributed by atoms with Crippen LogP contribution < -0.4 is 20.1 Å². The predicted octanol–water partition coefficient (Wildman–Crippen LogP) is 1.75. The van der Waals surface area contributed by atoms with Crippen LogP contribution in [0, 0.1) is 5.41 Å². The number of ether oxygens (including phenoxy) is 2. The van der Waals surface area contributed by atoms with E-state index in [2.05, 4.69) is 24.5 Å². The minimum absolute atomic E-state index is 0.0483. The van der Waals surface area contributed by atoms with Crippen molar-refractivity contribution in [1.29, 1.82) is 0 Å². The van der Waals surface area contributed by atoms with Gasteiger partial charge in [-0.05, 0) is 36.1 Å². The molecule has 1 aromatic carbocycles. The van der Waals surface area contributed by atoms with E-state index >= 15 is 0 Å². The number of amides is 1. The van der Waals surface area contributed by atoms with Gasteiger partial charge in [-0.3, -0.25) is 4.79 Å². The van der Waals surface area contributed by atoms with E-state index in [9.17, 15) is 4.79 Å². The summed E-state index contributed by atoms with van der Waals surface area (Å²) in [5.74, 6) is 1.37. The number of benzene rings is 1. The lowest BCUT2D eigenvalue weighted by Crippen LogP contribution is -2.54. The third-order valence-electron chi connectivity index (χ3n) is 4.28. The third kappa shape index (κ3) is 3.91. The highest BCUT2D eigenvalue weighted by Crippen LogP contribution is 2.28. The van der Waals surface area contributed by atoms with E-state index in [1.165, 1.54) is 0 Å². The van der Waals surface area contributed by atoms with Crippen molar-refractivity contribution < 1.29 is 14.3 Å². The Morgan fingerprint density at radius 3 is 2.68 bits per heavy atom. The second kappa shape index (κ2) is 7.01. The van der Waals surface area contributed by atoms with Crippen LogP contribution in [-0.2, 0) is 11.2 Å². The molecule has 1 aliphatic heterocycles. The zero-order valence-electron chi connectivity index (χ0n) is 13.9. The van der Waals surface area contributed by atoms with Gasteiger partial charge in [0.05, 0.1) is 20.6 Å². The van der Waals surface area contributed by atoms with Crippen LogP contribution in [0.15, 0.2) is 18.2 Å². The first-order chi connectivity index (χ1) is 10.5.